The van der Waals surface area contributed by atoms with E-state index in [0.717, 1.165) is 6.42 Å². The van der Waals surface area contributed by atoms with Crippen molar-refractivity contribution in [2.24, 2.45) is 10.7 Å². The van der Waals surface area contributed by atoms with Crippen LogP contribution in [0.5, 0.6) is 0 Å². The Morgan fingerprint density at radius 2 is 2.47 bits per heavy atom. The van der Waals surface area contributed by atoms with Crippen molar-refractivity contribution in [1.29, 1.82) is 0 Å². The summed E-state index contributed by atoms with van der Waals surface area (Å²) in [6.45, 7) is 1.75. The summed E-state index contributed by atoms with van der Waals surface area (Å²) >= 11 is 0. The number of aromatic nitrogens is 1. The Kier molecular flexibility index (Phi) is 6.46. The van der Waals surface area contributed by atoms with E-state index in [4.69, 9.17) is 15.2 Å². The number of nitrogens with one attached hydrogen (secondary N) is 1. The number of nitrogens with zero attached hydrogens (tertiary/aromatic N) is 2. The minimum absolute atomic E-state index is 0. The summed E-state index contributed by atoms with van der Waals surface area (Å²) in [6, 6.07) is 5.55. The van der Waals surface area contributed by atoms with Crippen LogP contribution in [-0.4, -0.2) is 43.4 Å². The van der Waals surface area contributed by atoms with Gasteiger partial charge in [-0.1, -0.05) is 6.07 Å². The zero-order valence-corrected chi connectivity index (χ0v) is 13.2. The van der Waals surface area contributed by atoms with Gasteiger partial charge in [0.15, 0.2) is 5.96 Å². The standard InChI is InChI=1S/C12H18N4O2.HI/c1-17-12(5-7-18-9-12)8-15-11(13)16-10-4-2-3-6-14-10;/h2-4,6H,5,7-9H2,1H3,(H3,13,14,15,16);1H. The molecule has 19 heavy (non-hydrogen) atoms. The first-order valence-electron chi connectivity index (χ1n) is 5.85. The van der Waals surface area contributed by atoms with Crippen molar-refractivity contribution < 1.29 is 9.47 Å². The van der Waals surface area contributed by atoms with Crippen molar-refractivity contribution in [1.82, 2.24) is 4.98 Å². The Hall–Kier alpha value is -0.930. The molecule has 1 unspecified atom stereocenters. The molecule has 1 saturated heterocycles. The zero-order chi connectivity index (χ0) is 12.8. The summed E-state index contributed by atoms with van der Waals surface area (Å²) in [5, 5.41) is 2.93. The van der Waals surface area contributed by atoms with E-state index in [2.05, 4.69) is 15.3 Å². The molecule has 0 bridgehead atoms. The maximum Gasteiger partial charge on any atom is 0.194 e. The molecule has 6 nitrogen and oxygen atoms in total. The number of ether oxygens (including phenoxy) is 2. The van der Waals surface area contributed by atoms with E-state index >= 15 is 0 Å². The van der Waals surface area contributed by atoms with Crippen LogP contribution in [-0.2, 0) is 9.47 Å². The quantitative estimate of drug-likeness (QED) is 0.468. The van der Waals surface area contributed by atoms with Crippen LogP contribution in [0.4, 0.5) is 5.82 Å². The van der Waals surface area contributed by atoms with E-state index in [9.17, 15) is 0 Å². The van der Waals surface area contributed by atoms with Crippen LogP contribution >= 0.6 is 24.0 Å². The van der Waals surface area contributed by atoms with Crippen molar-refractivity contribution >= 4 is 35.8 Å². The molecule has 0 radical (unpaired) electrons. The number of methoxy groups -OCH3 is 1. The van der Waals surface area contributed by atoms with Crippen LogP contribution in [0.1, 0.15) is 6.42 Å². The number of guanidine groups is 1. The molecule has 7 heteroatoms. The van der Waals surface area contributed by atoms with E-state index in [1.165, 1.54) is 0 Å². The molecule has 1 aliphatic rings. The van der Waals surface area contributed by atoms with Gasteiger partial charge in [0, 0.05) is 26.3 Å². The second kappa shape index (κ2) is 7.61. The molecule has 1 aromatic rings. The van der Waals surface area contributed by atoms with Crippen molar-refractivity contribution in [3.63, 3.8) is 0 Å². The van der Waals surface area contributed by atoms with Crippen LogP contribution in [0, 0.1) is 0 Å². The van der Waals surface area contributed by atoms with Gasteiger partial charge in [0.1, 0.15) is 11.4 Å². The molecule has 1 fully saturated rings. The number of rotatable bonds is 4. The number of nitrogens with two attached hydrogens (primary N) is 1. The molecule has 0 aromatic carbocycles. The lowest BCUT2D eigenvalue weighted by atomic mass is 10.0. The van der Waals surface area contributed by atoms with E-state index in [1.807, 2.05) is 18.2 Å². The Morgan fingerprint density at radius 1 is 1.63 bits per heavy atom. The van der Waals surface area contributed by atoms with Crippen LogP contribution in [0.2, 0.25) is 0 Å². The van der Waals surface area contributed by atoms with Gasteiger partial charge < -0.3 is 20.5 Å². The molecule has 1 aromatic heterocycles. The number of halogens is 1. The molecule has 0 spiro atoms. The van der Waals surface area contributed by atoms with E-state index in [1.54, 1.807) is 13.3 Å². The average molecular weight is 378 g/mol. The maximum atomic E-state index is 5.80. The third kappa shape index (κ3) is 4.59. The molecule has 0 aliphatic carbocycles. The first kappa shape index (κ1) is 16.1. The third-order valence-corrected chi connectivity index (χ3v) is 2.96. The molecular weight excluding hydrogens is 359 g/mol. The van der Waals surface area contributed by atoms with E-state index in [-0.39, 0.29) is 29.6 Å². The summed E-state index contributed by atoms with van der Waals surface area (Å²) in [5.74, 6) is 1.00. The minimum atomic E-state index is -0.337. The first-order valence-corrected chi connectivity index (χ1v) is 5.85. The number of hydrogen-bond donors (Lipinski definition) is 2. The summed E-state index contributed by atoms with van der Waals surface area (Å²) < 4.78 is 10.8. The van der Waals surface area contributed by atoms with Crippen molar-refractivity contribution in [2.75, 3.05) is 32.2 Å². The minimum Gasteiger partial charge on any atom is -0.378 e. The summed E-state index contributed by atoms with van der Waals surface area (Å²) in [6.07, 6.45) is 2.53. The maximum absolute atomic E-state index is 5.80. The van der Waals surface area contributed by atoms with Crippen LogP contribution < -0.4 is 11.1 Å². The largest absolute Gasteiger partial charge is 0.378 e. The van der Waals surface area contributed by atoms with Crippen LogP contribution in [0.3, 0.4) is 0 Å². The van der Waals surface area contributed by atoms with E-state index in [0.29, 0.717) is 31.5 Å². The number of aliphatic imine (C=N–C) groups is 1. The van der Waals surface area contributed by atoms with Gasteiger partial charge in [-0.3, -0.25) is 4.99 Å². The van der Waals surface area contributed by atoms with Gasteiger partial charge >= 0.3 is 0 Å². The predicted octanol–water partition coefficient (Wildman–Crippen LogP) is 1.23. The molecular formula is C12H19IN4O2. The molecule has 3 N–H and O–H groups in total. The number of hydrogen-bond acceptors (Lipinski definition) is 4. The van der Waals surface area contributed by atoms with E-state index < -0.39 is 0 Å². The summed E-state index contributed by atoms with van der Waals surface area (Å²) in [5.41, 5.74) is 5.46. The van der Waals surface area contributed by atoms with Crippen molar-refractivity contribution in [3.05, 3.63) is 24.4 Å². The Bertz CT molecular complexity index is 407. The monoisotopic (exact) mass is 378 g/mol. The fraction of sp³-hybridized carbons (Fsp3) is 0.500. The summed E-state index contributed by atoms with van der Waals surface area (Å²) in [7, 11) is 1.67. The predicted molar refractivity (Wildman–Crippen MR) is 84.9 cm³/mol. The molecule has 0 saturated carbocycles. The molecule has 2 heterocycles. The second-order valence-corrected chi connectivity index (χ2v) is 4.23. The lowest BCUT2D eigenvalue weighted by Crippen LogP contribution is -2.37. The van der Waals surface area contributed by atoms with Gasteiger partial charge in [-0.15, -0.1) is 24.0 Å². The SMILES string of the molecule is COC1(CN=C(N)Nc2ccccn2)CCOC1.I. The van der Waals surface area contributed by atoms with Gasteiger partial charge in [-0.25, -0.2) is 4.98 Å². The fourth-order valence-electron chi connectivity index (χ4n) is 1.78. The average Bonchev–Trinajstić information content (AvgIpc) is 2.87. The molecule has 0 amide bonds. The normalized spacial score (nSPS) is 22.9. The first-order chi connectivity index (χ1) is 8.74. The Morgan fingerprint density at radius 3 is 3.05 bits per heavy atom. The van der Waals surface area contributed by atoms with Gasteiger partial charge in [-0.2, -0.15) is 0 Å². The van der Waals surface area contributed by atoms with Gasteiger partial charge in [0.2, 0.25) is 0 Å². The number of pyridine rings is 1. The van der Waals surface area contributed by atoms with Gasteiger partial charge in [0.25, 0.3) is 0 Å². The van der Waals surface area contributed by atoms with Crippen molar-refractivity contribution in [2.45, 2.75) is 12.0 Å². The summed E-state index contributed by atoms with van der Waals surface area (Å²) in [4.78, 5) is 8.39. The highest BCUT2D eigenvalue weighted by Crippen LogP contribution is 2.22. The molecule has 1 aliphatic heterocycles. The second-order valence-electron chi connectivity index (χ2n) is 4.23. The Labute approximate surface area is 129 Å². The highest BCUT2D eigenvalue weighted by atomic mass is 127. The van der Waals surface area contributed by atoms with Crippen LogP contribution in [0.15, 0.2) is 29.4 Å². The van der Waals surface area contributed by atoms with Crippen molar-refractivity contribution in [3.8, 4) is 0 Å². The fourth-order valence-corrected chi connectivity index (χ4v) is 1.78. The highest BCUT2D eigenvalue weighted by Gasteiger charge is 2.34. The zero-order valence-electron chi connectivity index (χ0n) is 10.8. The lowest BCUT2D eigenvalue weighted by Gasteiger charge is -2.23. The molecule has 1 atom stereocenters. The molecule has 2 rings (SSSR count). The number of anilines is 1. The topological polar surface area (TPSA) is 81.8 Å². The van der Waals surface area contributed by atoms with Gasteiger partial charge in [0.05, 0.1) is 13.2 Å². The smallest absolute Gasteiger partial charge is 0.194 e. The molecule has 106 valence electrons. The van der Waals surface area contributed by atoms with Crippen LogP contribution in [0.25, 0.3) is 0 Å². The third-order valence-electron chi connectivity index (χ3n) is 2.96. The Balaban J connectivity index is 0.00000180. The van der Waals surface area contributed by atoms with Gasteiger partial charge in [-0.05, 0) is 12.1 Å². The lowest BCUT2D eigenvalue weighted by molar-refractivity contribution is -0.00900. The highest BCUT2D eigenvalue weighted by molar-refractivity contribution is 14.0.